The van der Waals surface area contributed by atoms with Crippen molar-refractivity contribution < 1.29 is 0 Å². The molecule has 0 bridgehead atoms. The molecule has 1 aromatic carbocycles. The van der Waals surface area contributed by atoms with E-state index >= 15 is 0 Å². The summed E-state index contributed by atoms with van der Waals surface area (Å²) in [6, 6.07) is 6.71. The number of nitrogens with two attached hydrogens (primary N) is 1. The maximum Gasteiger partial charge on any atom is 0.132 e. The second-order valence-corrected chi connectivity index (χ2v) is 5.60. The van der Waals surface area contributed by atoms with Gasteiger partial charge in [-0.25, -0.2) is 9.67 Å². The minimum atomic E-state index is 0.338. The Bertz CT molecular complexity index is 768. The van der Waals surface area contributed by atoms with E-state index in [-0.39, 0.29) is 0 Å². The van der Waals surface area contributed by atoms with Crippen LogP contribution in [0.1, 0.15) is 37.0 Å². The van der Waals surface area contributed by atoms with Gasteiger partial charge in [0.25, 0.3) is 0 Å². The fraction of sp³-hybridized carbons (Fsp3) is 0.400. The molecular weight excluding hydrogens is 264 g/mol. The summed E-state index contributed by atoms with van der Waals surface area (Å²) in [5, 5.41) is 8.13. The van der Waals surface area contributed by atoms with Crippen molar-refractivity contribution in [3.05, 3.63) is 41.5 Å². The molecule has 0 atom stereocenters. The summed E-state index contributed by atoms with van der Waals surface area (Å²) >= 11 is 0. The van der Waals surface area contributed by atoms with Gasteiger partial charge in [0.05, 0.1) is 22.9 Å². The van der Waals surface area contributed by atoms with Gasteiger partial charge >= 0.3 is 0 Å². The first-order valence-electron chi connectivity index (χ1n) is 7.15. The Balaban J connectivity index is 2.06. The molecule has 6 heteroatoms. The molecule has 0 saturated carbocycles. The first-order valence-corrected chi connectivity index (χ1v) is 7.15. The number of aryl methyl sites for hydroxylation is 1. The molecule has 2 heterocycles. The monoisotopic (exact) mass is 284 g/mol. The van der Waals surface area contributed by atoms with E-state index in [0.717, 1.165) is 22.6 Å². The third kappa shape index (κ3) is 2.54. The molecule has 0 radical (unpaired) electrons. The molecule has 2 aromatic heterocycles. The number of nitrogens with zero attached hydrogens (tertiary/aromatic N) is 5. The van der Waals surface area contributed by atoms with Crippen LogP contribution in [0.15, 0.2) is 24.4 Å². The van der Waals surface area contributed by atoms with Crippen LogP contribution in [-0.4, -0.2) is 24.5 Å². The molecule has 0 aliphatic heterocycles. The number of imidazole rings is 1. The summed E-state index contributed by atoms with van der Waals surface area (Å²) in [6.07, 6.45) is 1.87. The zero-order chi connectivity index (χ0) is 15.0. The maximum atomic E-state index is 5.58. The Hall–Kier alpha value is -2.21. The van der Waals surface area contributed by atoms with Crippen LogP contribution in [0.4, 0.5) is 0 Å². The highest BCUT2D eigenvalue weighted by Crippen LogP contribution is 2.22. The Labute approximate surface area is 123 Å². The second-order valence-electron chi connectivity index (χ2n) is 5.60. The minimum absolute atomic E-state index is 0.338. The maximum absolute atomic E-state index is 5.58. The smallest absolute Gasteiger partial charge is 0.132 e. The molecule has 0 saturated heterocycles. The zero-order valence-corrected chi connectivity index (χ0v) is 12.6. The van der Waals surface area contributed by atoms with E-state index in [1.54, 1.807) is 4.68 Å². The number of benzene rings is 1. The van der Waals surface area contributed by atoms with Gasteiger partial charge in [0, 0.05) is 12.6 Å². The van der Waals surface area contributed by atoms with Crippen molar-refractivity contribution in [3.8, 4) is 0 Å². The highest BCUT2D eigenvalue weighted by atomic mass is 15.4. The number of hydrogen-bond acceptors (Lipinski definition) is 4. The van der Waals surface area contributed by atoms with Crippen LogP contribution in [0, 0.1) is 6.92 Å². The van der Waals surface area contributed by atoms with E-state index in [4.69, 9.17) is 10.7 Å². The first kappa shape index (κ1) is 13.8. The Morgan fingerprint density at radius 1 is 1.29 bits per heavy atom. The molecule has 0 fully saturated rings. The van der Waals surface area contributed by atoms with E-state index in [1.165, 1.54) is 5.56 Å². The van der Waals surface area contributed by atoms with Crippen LogP contribution in [0.2, 0.25) is 0 Å². The molecule has 21 heavy (non-hydrogen) atoms. The van der Waals surface area contributed by atoms with Gasteiger partial charge in [-0.1, -0.05) is 11.3 Å². The molecule has 0 aliphatic carbocycles. The lowest BCUT2D eigenvalue weighted by Gasteiger charge is -2.12. The van der Waals surface area contributed by atoms with Crippen molar-refractivity contribution >= 4 is 11.0 Å². The van der Waals surface area contributed by atoms with E-state index < -0.39 is 0 Å². The molecular formula is C15H20N6. The van der Waals surface area contributed by atoms with Gasteiger partial charge in [-0.05, 0) is 38.5 Å². The van der Waals surface area contributed by atoms with Gasteiger partial charge in [-0.3, -0.25) is 0 Å². The quantitative estimate of drug-likeness (QED) is 0.795. The SMILES string of the molecule is Cc1ccc2c(c1)nc(Cn1cc(CN)nn1)n2C(C)C. The standard InChI is InChI=1S/C15H20N6/c1-10(2)21-14-5-4-11(3)6-13(14)17-15(21)9-20-8-12(7-16)18-19-20/h4-6,8,10H,7,9,16H2,1-3H3. The summed E-state index contributed by atoms with van der Waals surface area (Å²) in [5.74, 6) is 0.985. The third-order valence-corrected chi connectivity index (χ3v) is 3.53. The molecule has 2 N–H and O–H groups in total. The van der Waals surface area contributed by atoms with Gasteiger partial charge in [0.15, 0.2) is 0 Å². The van der Waals surface area contributed by atoms with Crippen LogP contribution in [0.25, 0.3) is 11.0 Å². The second kappa shape index (κ2) is 5.29. The molecule has 3 aromatic rings. The van der Waals surface area contributed by atoms with Crippen LogP contribution in [0.3, 0.4) is 0 Å². The van der Waals surface area contributed by atoms with E-state index in [9.17, 15) is 0 Å². The lowest BCUT2D eigenvalue weighted by atomic mass is 10.2. The predicted molar refractivity (Wildman–Crippen MR) is 81.9 cm³/mol. The van der Waals surface area contributed by atoms with Crippen molar-refractivity contribution in [2.75, 3.05) is 0 Å². The summed E-state index contributed by atoms with van der Waals surface area (Å²) in [6.45, 7) is 7.41. The van der Waals surface area contributed by atoms with E-state index in [2.05, 4.69) is 53.8 Å². The predicted octanol–water partition coefficient (Wildman–Crippen LogP) is 2.02. The highest BCUT2D eigenvalue weighted by molar-refractivity contribution is 5.77. The largest absolute Gasteiger partial charge is 0.325 e. The van der Waals surface area contributed by atoms with Crippen LogP contribution < -0.4 is 5.73 Å². The summed E-state index contributed by atoms with van der Waals surface area (Å²) in [4.78, 5) is 4.77. The van der Waals surface area contributed by atoms with Gasteiger partial charge < -0.3 is 10.3 Å². The average Bonchev–Trinajstić information content (AvgIpc) is 3.02. The van der Waals surface area contributed by atoms with Crippen molar-refractivity contribution in [2.24, 2.45) is 5.73 Å². The van der Waals surface area contributed by atoms with Crippen LogP contribution >= 0.6 is 0 Å². The van der Waals surface area contributed by atoms with Crippen molar-refractivity contribution in [1.29, 1.82) is 0 Å². The topological polar surface area (TPSA) is 74.6 Å². The average molecular weight is 284 g/mol. The van der Waals surface area contributed by atoms with Gasteiger partial charge in [0.2, 0.25) is 0 Å². The number of fused-ring (bicyclic) bond motifs is 1. The molecule has 110 valence electrons. The third-order valence-electron chi connectivity index (χ3n) is 3.53. The van der Waals surface area contributed by atoms with Gasteiger partial charge in [-0.2, -0.15) is 0 Å². The van der Waals surface area contributed by atoms with Crippen molar-refractivity contribution in [3.63, 3.8) is 0 Å². The Morgan fingerprint density at radius 2 is 2.10 bits per heavy atom. The lowest BCUT2D eigenvalue weighted by molar-refractivity contribution is 0.543. The summed E-state index contributed by atoms with van der Waals surface area (Å²) in [7, 11) is 0. The molecule has 3 rings (SSSR count). The minimum Gasteiger partial charge on any atom is -0.325 e. The molecule has 6 nitrogen and oxygen atoms in total. The molecule has 0 aliphatic rings. The van der Waals surface area contributed by atoms with E-state index in [0.29, 0.717) is 19.1 Å². The van der Waals surface area contributed by atoms with Crippen LogP contribution in [-0.2, 0) is 13.1 Å². The Morgan fingerprint density at radius 3 is 2.76 bits per heavy atom. The highest BCUT2D eigenvalue weighted by Gasteiger charge is 2.14. The number of hydrogen-bond donors (Lipinski definition) is 1. The fourth-order valence-corrected chi connectivity index (χ4v) is 2.60. The lowest BCUT2D eigenvalue weighted by Crippen LogP contribution is -2.11. The van der Waals surface area contributed by atoms with Crippen molar-refractivity contribution in [2.45, 2.75) is 39.9 Å². The zero-order valence-electron chi connectivity index (χ0n) is 12.6. The van der Waals surface area contributed by atoms with Gasteiger partial charge in [0.1, 0.15) is 12.4 Å². The summed E-state index contributed by atoms with van der Waals surface area (Å²) in [5.41, 5.74) is 9.77. The Kier molecular flexibility index (Phi) is 3.47. The van der Waals surface area contributed by atoms with Gasteiger partial charge in [-0.15, -0.1) is 5.10 Å². The number of rotatable bonds is 4. The fourth-order valence-electron chi connectivity index (χ4n) is 2.60. The molecule has 0 amide bonds. The normalized spacial score (nSPS) is 11.7. The first-order chi connectivity index (χ1) is 10.1. The molecule has 0 spiro atoms. The molecule has 0 unspecified atom stereocenters. The van der Waals surface area contributed by atoms with Crippen molar-refractivity contribution in [1.82, 2.24) is 24.5 Å². The number of aromatic nitrogens is 5. The van der Waals surface area contributed by atoms with E-state index in [1.807, 2.05) is 6.20 Å². The summed E-state index contributed by atoms with van der Waals surface area (Å²) < 4.78 is 4.04. The van der Waals surface area contributed by atoms with Crippen LogP contribution in [0.5, 0.6) is 0 Å².